The first-order valence-electron chi connectivity index (χ1n) is 9.40. The summed E-state index contributed by atoms with van der Waals surface area (Å²) in [5.74, 6) is -0.921. The topological polar surface area (TPSA) is 105 Å². The van der Waals surface area contributed by atoms with Crippen LogP contribution < -0.4 is 5.73 Å². The molecule has 4 aromatic rings. The molecule has 2 aromatic heterocycles. The van der Waals surface area contributed by atoms with Crippen LogP contribution in [0.1, 0.15) is 35.3 Å². The van der Waals surface area contributed by atoms with E-state index in [-0.39, 0.29) is 5.54 Å². The van der Waals surface area contributed by atoms with E-state index in [0.29, 0.717) is 5.56 Å². The Balaban J connectivity index is 1.66. The minimum Gasteiger partial charge on any atom is -0.478 e. The Morgan fingerprint density at radius 1 is 1.21 bits per heavy atom. The van der Waals surface area contributed by atoms with E-state index in [0.717, 1.165) is 57.9 Å². The molecule has 5 rings (SSSR count). The Labute approximate surface area is 161 Å². The fraction of sp³-hybridized carbons (Fsp3) is 0.227. The molecule has 1 aliphatic rings. The summed E-state index contributed by atoms with van der Waals surface area (Å²) in [5.41, 5.74) is 10.4. The van der Waals surface area contributed by atoms with Gasteiger partial charge in [-0.05, 0) is 47.7 Å². The van der Waals surface area contributed by atoms with Gasteiger partial charge in [-0.15, -0.1) is 0 Å². The highest BCUT2D eigenvalue weighted by Crippen LogP contribution is 2.37. The average molecular weight is 372 g/mol. The molecule has 0 bridgehead atoms. The molecule has 0 saturated heterocycles. The van der Waals surface area contributed by atoms with Gasteiger partial charge in [0.05, 0.1) is 11.3 Å². The van der Waals surface area contributed by atoms with Crippen LogP contribution in [-0.4, -0.2) is 31.6 Å². The van der Waals surface area contributed by atoms with Gasteiger partial charge in [0.15, 0.2) is 0 Å². The maximum Gasteiger partial charge on any atom is 0.336 e. The Hall–Kier alpha value is -3.25. The minimum atomic E-state index is -0.921. The first kappa shape index (κ1) is 16.9. The van der Waals surface area contributed by atoms with Gasteiger partial charge < -0.3 is 15.8 Å². The van der Waals surface area contributed by atoms with Crippen LogP contribution in [-0.2, 0) is 6.42 Å². The molecule has 0 spiro atoms. The van der Waals surface area contributed by atoms with Crippen LogP contribution in [0.3, 0.4) is 0 Å². The second-order valence-corrected chi connectivity index (χ2v) is 7.69. The van der Waals surface area contributed by atoms with Gasteiger partial charge in [0, 0.05) is 29.1 Å². The van der Waals surface area contributed by atoms with Crippen LogP contribution in [0, 0.1) is 0 Å². The van der Waals surface area contributed by atoms with E-state index in [2.05, 4.69) is 15.0 Å². The number of aromatic nitrogens is 3. The highest BCUT2D eigenvalue weighted by Gasteiger charge is 2.34. The predicted molar refractivity (Wildman–Crippen MR) is 108 cm³/mol. The molecule has 2 heterocycles. The summed E-state index contributed by atoms with van der Waals surface area (Å²) in [6.07, 6.45) is 7.46. The molecular formula is C22H20N4O2. The fourth-order valence-electron chi connectivity index (χ4n) is 4.17. The molecule has 0 amide bonds. The third-order valence-corrected chi connectivity index (χ3v) is 5.84. The van der Waals surface area contributed by atoms with Crippen molar-refractivity contribution in [3.63, 3.8) is 0 Å². The number of benzene rings is 2. The number of nitrogens with two attached hydrogens (primary N) is 1. The van der Waals surface area contributed by atoms with Crippen LogP contribution >= 0.6 is 0 Å². The van der Waals surface area contributed by atoms with E-state index in [1.807, 2.05) is 30.5 Å². The zero-order valence-corrected chi connectivity index (χ0v) is 15.3. The molecule has 1 aliphatic carbocycles. The van der Waals surface area contributed by atoms with Crippen molar-refractivity contribution in [1.29, 1.82) is 0 Å². The van der Waals surface area contributed by atoms with Crippen molar-refractivity contribution in [1.82, 2.24) is 15.0 Å². The lowest BCUT2D eigenvalue weighted by Gasteiger charge is -2.38. The molecule has 140 valence electrons. The predicted octanol–water partition coefficient (Wildman–Crippen LogP) is 3.90. The van der Waals surface area contributed by atoms with Gasteiger partial charge in [0.2, 0.25) is 0 Å². The lowest BCUT2D eigenvalue weighted by atomic mass is 9.74. The van der Waals surface area contributed by atoms with E-state index >= 15 is 0 Å². The van der Waals surface area contributed by atoms with Gasteiger partial charge >= 0.3 is 5.97 Å². The van der Waals surface area contributed by atoms with Gasteiger partial charge in [-0.1, -0.05) is 24.3 Å². The summed E-state index contributed by atoms with van der Waals surface area (Å²) < 4.78 is 0. The number of H-pyrrole nitrogens is 1. The SMILES string of the molecule is NC1(Cc2ncnc3[nH]cc(-c4ccc5c(C(=O)O)cccc5c4)c23)CCC1. The standard InChI is InChI=1S/C22H20N4O2/c23-22(7-2-8-22)10-18-19-17(11-24-20(19)26-12-25-18)14-5-6-15-13(9-14)3-1-4-16(15)21(27)28/h1,3-6,9,11-12H,2,7-8,10,23H2,(H,27,28)(H,24,25,26). The molecule has 2 aromatic carbocycles. The van der Waals surface area contributed by atoms with Gasteiger partial charge in [0.1, 0.15) is 12.0 Å². The van der Waals surface area contributed by atoms with Crippen molar-refractivity contribution in [2.45, 2.75) is 31.2 Å². The number of hydrogen-bond acceptors (Lipinski definition) is 4. The first-order chi connectivity index (χ1) is 13.5. The van der Waals surface area contributed by atoms with E-state index in [1.165, 1.54) is 6.42 Å². The van der Waals surface area contributed by atoms with Gasteiger partial charge in [0.25, 0.3) is 0 Å². The molecule has 0 atom stereocenters. The van der Waals surface area contributed by atoms with Crippen molar-refractivity contribution in [3.8, 4) is 11.1 Å². The van der Waals surface area contributed by atoms with Crippen LogP contribution in [0.15, 0.2) is 48.9 Å². The summed E-state index contributed by atoms with van der Waals surface area (Å²) in [4.78, 5) is 23.6. The van der Waals surface area contributed by atoms with E-state index in [1.54, 1.807) is 18.5 Å². The van der Waals surface area contributed by atoms with Crippen LogP contribution in [0.4, 0.5) is 0 Å². The number of fused-ring (bicyclic) bond motifs is 2. The van der Waals surface area contributed by atoms with Crippen LogP contribution in [0.5, 0.6) is 0 Å². The molecule has 0 unspecified atom stereocenters. The Morgan fingerprint density at radius 2 is 2.07 bits per heavy atom. The number of rotatable bonds is 4. The average Bonchev–Trinajstić information content (AvgIpc) is 3.11. The molecule has 28 heavy (non-hydrogen) atoms. The summed E-state index contributed by atoms with van der Waals surface area (Å²) in [6.45, 7) is 0. The number of carboxylic acids is 1. The summed E-state index contributed by atoms with van der Waals surface area (Å²) in [7, 11) is 0. The highest BCUT2D eigenvalue weighted by molar-refractivity contribution is 6.05. The normalized spacial score (nSPS) is 15.6. The molecule has 6 nitrogen and oxygen atoms in total. The molecule has 0 aliphatic heterocycles. The van der Waals surface area contributed by atoms with E-state index < -0.39 is 5.97 Å². The van der Waals surface area contributed by atoms with Crippen molar-refractivity contribution in [2.24, 2.45) is 5.73 Å². The van der Waals surface area contributed by atoms with Crippen molar-refractivity contribution in [2.75, 3.05) is 0 Å². The fourth-order valence-corrected chi connectivity index (χ4v) is 4.17. The quantitative estimate of drug-likeness (QED) is 0.504. The number of aromatic carboxylic acids is 1. The summed E-state index contributed by atoms with van der Waals surface area (Å²) in [5, 5.41) is 12.0. The molecule has 1 fully saturated rings. The van der Waals surface area contributed by atoms with Crippen molar-refractivity contribution < 1.29 is 9.90 Å². The third-order valence-electron chi connectivity index (χ3n) is 5.84. The van der Waals surface area contributed by atoms with E-state index in [9.17, 15) is 9.90 Å². The Bertz CT molecular complexity index is 1220. The molecule has 6 heteroatoms. The number of aromatic amines is 1. The smallest absolute Gasteiger partial charge is 0.336 e. The second kappa shape index (κ2) is 6.14. The zero-order valence-electron chi connectivity index (χ0n) is 15.3. The maximum atomic E-state index is 11.5. The van der Waals surface area contributed by atoms with Crippen molar-refractivity contribution in [3.05, 3.63) is 60.2 Å². The highest BCUT2D eigenvalue weighted by atomic mass is 16.4. The van der Waals surface area contributed by atoms with Crippen molar-refractivity contribution >= 4 is 27.8 Å². The molecule has 0 radical (unpaired) electrons. The summed E-state index contributed by atoms with van der Waals surface area (Å²) in [6, 6.07) is 11.2. The van der Waals surface area contributed by atoms with Crippen LogP contribution in [0.2, 0.25) is 0 Å². The Morgan fingerprint density at radius 3 is 2.82 bits per heavy atom. The minimum absolute atomic E-state index is 0.171. The number of nitrogens with one attached hydrogen (secondary N) is 1. The Kier molecular flexibility index (Phi) is 3.70. The number of nitrogens with zero attached hydrogens (tertiary/aromatic N) is 2. The zero-order chi connectivity index (χ0) is 19.3. The largest absolute Gasteiger partial charge is 0.478 e. The number of carboxylic acid groups (broad SMARTS) is 1. The van der Waals surface area contributed by atoms with Gasteiger partial charge in [-0.25, -0.2) is 14.8 Å². The lowest BCUT2D eigenvalue weighted by Crippen LogP contribution is -2.48. The monoisotopic (exact) mass is 372 g/mol. The molecule has 1 saturated carbocycles. The third kappa shape index (κ3) is 2.65. The second-order valence-electron chi connectivity index (χ2n) is 7.69. The van der Waals surface area contributed by atoms with Crippen LogP contribution in [0.25, 0.3) is 32.9 Å². The first-order valence-corrected chi connectivity index (χ1v) is 9.40. The van der Waals surface area contributed by atoms with E-state index in [4.69, 9.17) is 5.73 Å². The number of hydrogen-bond donors (Lipinski definition) is 3. The lowest BCUT2D eigenvalue weighted by molar-refractivity contribution is 0.0699. The molecular weight excluding hydrogens is 352 g/mol. The van der Waals surface area contributed by atoms with Gasteiger partial charge in [-0.2, -0.15) is 0 Å². The molecule has 4 N–H and O–H groups in total. The number of carbonyl (C=O) groups is 1. The maximum absolute atomic E-state index is 11.5. The van der Waals surface area contributed by atoms with Gasteiger partial charge in [-0.3, -0.25) is 0 Å². The summed E-state index contributed by atoms with van der Waals surface area (Å²) >= 11 is 0.